The van der Waals surface area contributed by atoms with E-state index in [1.165, 1.54) is 5.56 Å². The van der Waals surface area contributed by atoms with Crippen molar-refractivity contribution in [3.63, 3.8) is 0 Å². The lowest BCUT2D eigenvalue weighted by Gasteiger charge is -2.10. The summed E-state index contributed by atoms with van der Waals surface area (Å²) in [6.45, 7) is 1.63. The molecule has 0 saturated carbocycles. The molecule has 1 aromatic rings. The molecule has 0 aliphatic carbocycles. The van der Waals surface area contributed by atoms with Crippen LogP contribution in [0.1, 0.15) is 18.4 Å². The third kappa shape index (κ3) is 3.72. The predicted molar refractivity (Wildman–Crippen MR) is 69.2 cm³/mol. The molecule has 1 aliphatic rings. The SMILES string of the molecule is O=C(NCCc1ccc(Cl)cc1)[C@H]1CCCN1. The molecule has 1 amide bonds. The average Bonchev–Trinajstić information content (AvgIpc) is 2.85. The fraction of sp³-hybridized carbons (Fsp3) is 0.462. The van der Waals surface area contributed by atoms with Gasteiger partial charge in [-0.25, -0.2) is 0 Å². The van der Waals surface area contributed by atoms with Crippen LogP contribution in [0.5, 0.6) is 0 Å². The highest BCUT2D eigenvalue weighted by atomic mass is 35.5. The van der Waals surface area contributed by atoms with Gasteiger partial charge in [0, 0.05) is 11.6 Å². The van der Waals surface area contributed by atoms with E-state index in [0.29, 0.717) is 6.54 Å². The van der Waals surface area contributed by atoms with Crippen LogP contribution in [-0.4, -0.2) is 25.0 Å². The third-order valence-corrected chi connectivity index (χ3v) is 3.25. The second-order valence-electron chi connectivity index (χ2n) is 4.32. The van der Waals surface area contributed by atoms with E-state index in [2.05, 4.69) is 10.6 Å². The maximum absolute atomic E-state index is 11.7. The molecule has 0 unspecified atom stereocenters. The summed E-state index contributed by atoms with van der Waals surface area (Å²) in [6, 6.07) is 7.74. The van der Waals surface area contributed by atoms with E-state index in [9.17, 15) is 4.79 Å². The first-order chi connectivity index (χ1) is 8.25. The average molecular weight is 253 g/mol. The van der Waals surface area contributed by atoms with E-state index in [1.807, 2.05) is 24.3 Å². The molecule has 2 N–H and O–H groups in total. The lowest BCUT2D eigenvalue weighted by Crippen LogP contribution is -2.41. The maximum atomic E-state index is 11.7. The molecule has 0 spiro atoms. The lowest BCUT2D eigenvalue weighted by molar-refractivity contribution is -0.122. The van der Waals surface area contributed by atoms with Gasteiger partial charge in [0.15, 0.2) is 0 Å². The van der Waals surface area contributed by atoms with Crippen molar-refractivity contribution in [1.82, 2.24) is 10.6 Å². The molecule has 4 heteroatoms. The molecule has 1 aromatic carbocycles. The Morgan fingerprint density at radius 1 is 1.41 bits per heavy atom. The van der Waals surface area contributed by atoms with E-state index in [4.69, 9.17) is 11.6 Å². The number of carbonyl (C=O) groups is 1. The Hall–Kier alpha value is -1.06. The van der Waals surface area contributed by atoms with Gasteiger partial charge in [0.2, 0.25) is 5.91 Å². The quantitative estimate of drug-likeness (QED) is 0.857. The van der Waals surface area contributed by atoms with Gasteiger partial charge in [-0.05, 0) is 43.5 Å². The zero-order valence-electron chi connectivity index (χ0n) is 9.71. The Morgan fingerprint density at radius 3 is 2.82 bits per heavy atom. The first-order valence-corrected chi connectivity index (χ1v) is 6.39. The Bertz CT molecular complexity index is 372. The number of hydrogen-bond donors (Lipinski definition) is 2. The molecule has 1 aliphatic heterocycles. The minimum atomic E-state index is 0.0141. The van der Waals surface area contributed by atoms with Crippen LogP contribution in [0.25, 0.3) is 0 Å². The lowest BCUT2D eigenvalue weighted by atomic mass is 10.1. The standard InChI is InChI=1S/C13H17ClN2O/c14-11-5-3-10(4-6-11)7-9-16-13(17)12-2-1-8-15-12/h3-6,12,15H,1-2,7-9H2,(H,16,17)/t12-/m1/s1. The molecule has 1 saturated heterocycles. The zero-order chi connectivity index (χ0) is 12.1. The summed E-state index contributed by atoms with van der Waals surface area (Å²) in [5.74, 6) is 0.122. The maximum Gasteiger partial charge on any atom is 0.237 e. The fourth-order valence-corrected chi connectivity index (χ4v) is 2.14. The van der Waals surface area contributed by atoms with Gasteiger partial charge < -0.3 is 10.6 Å². The molecule has 92 valence electrons. The van der Waals surface area contributed by atoms with Crippen LogP contribution in [0, 0.1) is 0 Å². The molecule has 2 rings (SSSR count). The highest BCUT2D eigenvalue weighted by molar-refractivity contribution is 6.30. The second kappa shape index (κ2) is 6.03. The highest BCUT2D eigenvalue weighted by Gasteiger charge is 2.20. The van der Waals surface area contributed by atoms with Crippen molar-refractivity contribution in [1.29, 1.82) is 0 Å². The summed E-state index contributed by atoms with van der Waals surface area (Å²) in [5, 5.41) is 6.88. The summed E-state index contributed by atoms with van der Waals surface area (Å²) < 4.78 is 0. The fourth-order valence-electron chi connectivity index (χ4n) is 2.01. The van der Waals surface area contributed by atoms with Gasteiger partial charge in [0.25, 0.3) is 0 Å². The molecule has 0 radical (unpaired) electrons. The normalized spacial score (nSPS) is 19.2. The van der Waals surface area contributed by atoms with Crippen molar-refractivity contribution in [2.75, 3.05) is 13.1 Å². The van der Waals surface area contributed by atoms with Crippen LogP contribution in [0.2, 0.25) is 5.02 Å². The van der Waals surface area contributed by atoms with Crippen LogP contribution in [0.15, 0.2) is 24.3 Å². The topological polar surface area (TPSA) is 41.1 Å². The monoisotopic (exact) mass is 252 g/mol. The highest BCUT2D eigenvalue weighted by Crippen LogP contribution is 2.09. The predicted octanol–water partition coefficient (Wildman–Crippen LogP) is 1.75. The van der Waals surface area contributed by atoms with Crippen molar-refractivity contribution in [2.45, 2.75) is 25.3 Å². The minimum absolute atomic E-state index is 0.0141. The van der Waals surface area contributed by atoms with Gasteiger partial charge in [0.05, 0.1) is 6.04 Å². The van der Waals surface area contributed by atoms with Crippen LogP contribution < -0.4 is 10.6 Å². The van der Waals surface area contributed by atoms with Crippen molar-refractivity contribution in [3.8, 4) is 0 Å². The zero-order valence-corrected chi connectivity index (χ0v) is 10.5. The van der Waals surface area contributed by atoms with Gasteiger partial charge in [-0.1, -0.05) is 23.7 Å². The molecular weight excluding hydrogens is 236 g/mol. The largest absolute Gasteiger partial charge is 0.354 e. The van der Waals surface area contributed by atoms with E-state index in [1.54, 1.807) is 0 Å². The Balaban J connectivity index is 1.72. The molecule has 1 fully saturated rings. The summed E-state index contributed by atoms with van der Waals surface area (Å²) in [6.07, 6.45) is 2.89. The van der Waals surface area contributed by atoms with Crippen LogP contribution in [0.4, 0.5) is 0 Å². The molecule has 17 heavy (non-hydrogen) atoms. The summed E-state index contributed by atoms with van der Waals surface area (Å²) in [4.78, 5) is 11.7. The molecular formula is C13H17ClN2O. The van der Waals surface area contributed by atoms with Crippen molar-refractivity contribution >= 4 is 17.5 Å². The van der Waals surface area contributed by atoms with Crippen molar-refractivity contribution in [3.05, 3.63) is 34.9 Å². The van der Waals surface area contributed by atoms with E-state index in [-0.39, 0.29) is 11.9 Å². The van der Waals surface area contributed by atoms with Crippen molar-refractivity contribution < 1.29 is 4.79 Å². The summed E-state index contributed by atoms with van der Waals surface area (Å²) in [7, 11) is 0. The minimum Gasteiger partial charge on any atom is -0.354 e. The number of nitrogens with one attached hydrogen (secondary N) is 2. The molecule has 0 bridgehead atoms. The molecule has 1 heterocycles. The van der Waals surface area contributed by atoms with Gasteiger partial charge in [-0.15, -0.1) is 0 Å². The van der Waals surface area contributed by atoms with E-state index < -0.39 is 0 Å². The Kier molecular flexibility index (Phi) is 4.40. The number of rotatable bonds is 4. The third-order valence-electron chi connectivity index (χ3n) is 3.00. The number of hydrogen-bond acceptors (Lipinski definition) is 2. The Labute approximate surface area is 107 Å². The summed E-state index contributed by atoms with van der Waals surface area (Å²) >= 11 is 5.80. The van der Waals surface area contributed by atoms with Crippen LogP contribution >= 0.6 is 11.6 Å². The second-order valence-corrected chi connectivity index (χ2v) is 4.75. The summed E-state index contributed by atoms with van der Waals surface area (Å²) in [5.41, 5.74) is 1.19. The van der Waals surface area contributed by atoms with Gasteiger partial charge in [0.1, 0.15) is 0 Å². The van der Waals surface area contributed by atoms with E-state index >= 15 is 0 Å². The van der Waals surface area contributed by atoms with Gasteiger partial charge in [-0.2, -0.15) is 0 Å². The number of halogens is 1. The van der Waals surface area contributed by atoms with Gasteiger partial charge >= 0.3 is 0 Å². The molecule has 3 nitrogen and oxygen atoms in total. The Morgan fingerprint density at radius 2 is 2.18 bits per heavy atom. The number of benzene rings is 1. The first-order valence-electron chi connectivity index (χ1n) is 6.01. The van der Waals surface area contributed by atoms with Gasteiger partial charge in [-0.3, -0.25) is 4.79 Å². The van der Waals surface area contributed by atoms with E-state index in [0.717, 1.165) is 30.8 Å². The number of amides is 1. The smallest absolute Gasteiger partial charge is 0.237 e. The van der Waals surface area contributed by atoms with Crippen molar-refractivity contribution in [2.24, 2.45) is 0 Å². The number of carbonyl (C=O) groups excluding carboxylic acids is 1. The molecule has 1 atom stereocenters. The van der Waals surface area contributed by atoms with Crippen LogP contribution in [0.3, 0.4) is 0 Å². The molecule has 0 aromatic heterocycles. The first kappa shape index (κ1) is 12.4. The van der Waals surface area contributed by atoms with Crippen LogP contribution in [-0.2, 0) is 11.2 Å².